The Bertz CT molecular complexity index is 1740. The molecule has 0 aliphatic carbocycles. The van der Waals surface area contributed by atoms with Crippen molar-refractivity contribution < 1.29 is 57.3 Å². The molecule has 0 spiro atoms. The van der Waals surface area contributed by atoms with Gasteiger partial charge in [-0.2, -0.15) is 0 Å². The number of nitrogens with zero attached hydrogens (tertiary/aromatic N) is 8. The topological polar surface area (TPSA) is 321 Å². The van der Waals surface area contributed by atoms with Gasteiger partial charge in [0.05, 0.1) is 19.3 Å². The van der Waals surface area contributed by atoms with Gasteiger partial charge in [0.2, 0.25) is 0 Å². The van der Waals surface area contributed by atoms with E-state index in [0.29, 0.717) is 0 Å². The molecule has 9 N–H and O–H groups in total. The Morgan fingerprint density at radius 2 is 1.39 bits per heavy atom. The fourth-order valence-corrected chi connectivity index (χ4v) is 6.15. The third-order valence-corrected chi connectivity index (χ3v) is 8.33. The molecule has 4 aromatic heterocycles. The van der Waals surface area contributed by atoms with Gasteiger partial charge in [0, 0.05) is 4.57 Å². The molecule has 2 aliphatic rings. The Morgan fingerprint density at radius 1 is 0.841 bits per heavy atom. The van der Waals surface area contributed by atoms with E-state index in [9.17, 15) is 29.3 Å². The average molecular weight is 659 g/mol. The molecule has 2 aliphatic heterocycles. The molecule has 6 heterocycles. The molecule has 10 atom stereocenters. The molecule has 24 heteroatoms. The van der Waals surface area contributed by atoms with Gasteiger partial charge in [-0.25, -0.2) is 34.5 Å². The number of phosphoric ester groups is 1. The number of hydrogen-bond acceptors (Lipinski definition) is 18. The zero-order valence-corrected chi connectivity index (χ0v) is 23.9. The number of hydrogen-bond donors (Lipinski definition) is 7. The maximum Gasteiger partial charge on any atom is 0.694 e. The Labute approximate surface area is 245 Å². The second-order valence-electron chi connectivity index (χ2n) is 9.64. The van der Waals surface area contributed by atoms with Crippen LogP contribution in [0.1, 0.15) is 12.5 Å². The van der Waals surface area contributed by atoms with Crippen LogP contribution in [0.3, 0.4) is 0 Å². The van der Waals surface area contributed by atoms with Crippen LogP contribution in [-0.2, 0) is 32.2 Å². The maximum absolute atomic E-state index is 13.0. The highest BCUT2D eigenvalue weighted by Crippen LogP contribution is 2.49. The van der Waals surface area contributed by atoms with Crippen molar-refractivity contribution in [2.75, 3.05) is 24.7 Å². The van der Waals surface area contributed by atoms with Crippen molar-refractivity contribution in [2.45, 2.75) is 49.1 Å². The largest absolute Gasteiger partial charge is 0.694 e. The number of nitrogens with two attached hydrogens (primary N) is 2. The zero-order valence-electron chi connectivity index (χ0n) is 22.1. The molecule has 44 heavy (non-hydrogen) atoms. The van der Waals surface area contributed by atoms with E-state index in [1.807, 2.05) is 0 Å². The second kappa shape index (κ2) is 11.9. The molecule has 6 rings (SSSR count). The van der Waals surface area contributed by atoms with Gasteiger partial charge in [-0.1, -0.05) is 0 Å². The predicted molar refractivity (Wildman–Crippen MR) is 142 cm³/mol. The first-order chi connectivity index (χ1) is 20.9. The van der Waals surface area contributed by atoms with Crippen LogP contribution in [0.2, 0.25) is 0 Å². The van der Waals surface area contributed by atoms with Crippen molar-refractivity contribution >= 4 is 50.0 Å². The van der Waals surface area contributed by atoms with Crippen LogP contribution in [0.5, 0.6) is 0 Å². The third kappa shape index (κ3) is 5.62. The summed E-state index contributed by atoms with van der Waals surface area (Å²) in [5.74, 6) is 0.121. The molecule has 0 amide bonds. The Balaban J connectivity index is 1.16. The minimum atomic E-state index is -5.08. The summed E-state index contributed by atoms with van der Waals surface area (Å²) in [7, 11) is -8.18. The number of rotatable bonds is 10. The van der Waals surface area contributed by atoms with E-state index in [-0.39, 0.29) is 34.0 Å². The molecule has 0 bridgehead atoms. The van der Waals surface area contributed by atoms with Crippen molar-refractivity contribution in [1.29, 1.82) is 0 Å². The standard InChI is InChI=1S/C20H24N10O12P2/c21-15-9-17(25-3-23-15)29(5-27-9)19-12(32)11(31)7(40-19)2-39-44(36,37)42-14-8(1-38-43(34)35)41-20(13(14)33)30-6-28-10-16(22)24-4-26-18(10)30/h3-8,11-14,19-20,31-33H,1-2H2,(H5-,21,22,23,24,25,26,34,35,36,37)/p+1/t7-,8-,11-,12-,13-,14-,19-,20-/m1/s1. The summed E-state index contributed by atoms with van der Waals surface area (Å²) in [6, 6.07) is 0. The lowest BCUT2D eigenvalue weighted by Crippen LogP contribution is -2.36. The Morgan fingerprint density at radius 3 is 1.95 bits per heavy atom. The highest BCUT2D eigenvalue weighted by atomic mass is 31.2. The molecule has 22 nitrogen and oxygen atoms in total. The van der Waals surface area contributed by atoms with Gasteiger partial charge in [-0.3, -0.25) is 18.2 Å². The lowest BCUT2D eigenvalue weighted by atomic mass is 10.1. The minimum Gasteiger partial charge on any atom is -0.387 e. The van der Waals surface area contributed by atoms with E-state index in [0.717, 1.165) is 6.33 Å². The smallest absolute Gasteiger partial charge is 0.387 e. The molecular weight excluding hydrogens is 634 g/mol. The van der Waals surface area contributed by atoms with Crippen LogP contribution in [0.4, 0.5) is 11.6 Å². The number of aromatic nitrogens is 8. The highest BCUT2D eigenvalue weighted by molar-refractivity contribution is 7.47. The van der Waals surface area contributed by atoms with Crippen molar-refractivity contribution in [3.05, 3.63) is 25.3 Å². The molecule has 0 aromatic carbocycles. The van der Waals surface area contributed by atoms with Crippen LogP contribution in [0.15, 0.2) is 25.3 Å². The normalized spacial score (nSPS) is 30.7. The summed E-state index contributed by atoms with van der Waals surface area (Å²) in [6.07, 6.45) is -6.92. The van der Waals surface area contributed by atoms with Gasteiger partial charge in [-0.15, -0.1) is 9.42 Å². The first kappa shape index (κ1) is 30.6. The predicted octanol–water partition coefficient (Wildman–Crippen LogP) is -2.12. The number of anilines is 2. The van der Waals surface area contributed by atoms with Gasteiger partial charge in [0.1, 0.15) is 66.9 Å². The number of aliphatic hydroxyl groups is 3. The number of imidazole rings is 2. The first-order valence-electron chi connectivity index (χ1n) is 12.6. The molecule has 2 saturated heterocycles. The fourth-order valence-electron chi connectivity index (χ4n) is 4.91. The fraction of sp³-hybridized carbons (Fsp3) is 0.500. The van der Waals surface area contributed by atoms with E-state index in [2.05, 4.69) is 29.9 Å². The summed E-state index contributed by atoms with van der Waals surface area (Å²) in [4.78, 5) is 43.6. The Hall–Kier alpha value is -3.37. The van der Waals surface area contributed by atoms with Gasteiger partial charge in [0.25, 0.3) is 0 Å². The molecule has 2 fully saturated rings. The average Bonchev–Trinajstić information content (AvgIpc) is 3.73. The van der Waals surface area contributed by atoms with Crippen molar-refractivity contribution in [3.8, 4) is 0 Å². The van der Waals surface area contributed by atoms with Crippen LogP contribution in [0.25, 0.3) is 22.3 Å². The summed E-state index contributed by atoms with van der Waals surface area (Å²) < 4.78 is 53.2. The number of fused-ring (bicyclic) bond motifs is 2. The lowest BCUT2D eigenvalue weighted by molar-refractivity contribution is -0.0573. The molecule has 236 valence electrons. The number of ether oxygens (including phenoxy) is 2. The maximum atomic E-state index is 13.0. The van der Waals surface area contributed by atoms with E-state index in [1.54, 1.807) is 0 Å². The quantitative estimate of drug-likeness (QED) is 0.0894. The second-order valence-corrected chi connectivity index (χ2v) is 11.8. The molecular formula is C20H25N10O12P2+. The van der Waals surface area contributed by atoms with Gasteiger partial charge < -0.3 is 41.2 Å². The SMILES string of the molecule is Nc1ncnc2c1ncn2[C@@H]1O[C@H](COP(=O)(O)O[C@H]2[C@@H](O)[C@H](n3cnc4c(N)ncnc43)O[C@@H]2CO[P+](=O)O)[C@@H](O)[C@H]1O. The summed E-state index contributed by atoms with van der Waals surface area (Å²) >= 11 is 0. The molecule has 4 aromatic rings. The minimum absolute atomic E-state index is 0.0433. The first-order valence-corrected chi connectivity index (χ1v) is 15.2. The monoisotopic (exact) mass is 659 g/mol. The van der Waals surface area contributed by atoms with E-state index in [4.69, 9.17) is 39.4 Å². The summed E-state index contributed by atoms with van der Waals surface area (Å²) in [5.41, 5.74) is 12.4. The van der Waals surface area contributed by atoms with Gasteiger partial charge in [0.15, 0.2) is 35.4 Å². The van der Waals surface area contributed by atoms with E-state index >= 15 is 0 Å². The van der Waals surface area contributed by atoms with Crippen LogP contribution >= 0.6 is 16.1 Å². The van der Waals surface area contributed by atoms with Gasteiger partial charge in [-0.05, 0) is 0 Å². The number of nitrogen functional groups attached to an aromatic ring is 2. The number of phosphoric acid groups is 1. The van der Waals surface area contributed by atoms with Gasteiger partial charge >= 0.3 is 16.1 Å². The van der Waals surface area contributed by atoms with Crippen LogP contribution in [-0.4, -0.2) is 114 Å². The molecule has 2 unspecified atom stereocenters. The van der Waals surface area contributed by atoms with Crippen molar-refractivity contribution in [1.82, 2.24) is 39.0 Å². The van der Waals surface area contributed by atoms with Crippen LogP contribution < -0.4 is 11.5 Å². The third-order valence-electron chi connectivity index (χ3n) is 6.98. The van der Waals surface area contributed by atoms with Crippen molar-refractivity contribution in [2.24, 2.45) is 0 Å². The van der Waals surface area contributed by atoms with Crippen molar-refractivity contribution in [3.63, 3.8) is 0 Å². The van der Waals surface area contributed by atoms with E-state index in [1.165, 1.54) is 28.1 Å². The molecule has 0 saturated carbocycles. The highest BCUT2D eigenvalue weighted by Gasteiger charge is 2.51. The zero-order chi connectivity index (χ0) is 31.3. The number of aliphatic hydroxyl groups excluding tert-OH is 3. The lowest BCUT2D eigenvalue weighted by Gasteiger charge is -2.23. The van der Waals surface area contributed by atoms with Crippen LogP contribution in [0, 0.1) is 0 Å². The Kier molecular flexibility index (Phi) is 8.26. The van der Waals surface area contributed by atoms with E-state index < -0.39 is 78.4 Å². The molecule has 0 radical (unpaired) electrons. The summed E-state index contributed by atoms with van der Waals surface area (Å²) in [5, 5.41) is 32.3. The summed E-state index contributed by atoms with van der Waals surface area (Å²) in [6.45, 7) is -1.40.